The van der Waals surface area contributed by atoms with Crippen molar-refractivity contribution in [2.24, 2.45) is 5.92 Å². The molecule has 1 heterocycles. The van der Waals surface area contributed by atoms with Crippen LogP contribution < -0.4 is 5.32 Å². The van der Waals surface area contributed by atoms with Crippen LogP contribution in [0.15, 0.2) is 47.4 Å². The molecule has 6 nitrogen and oxygen atoms in total. The van der Waals surface area contributed by atoms with Gasteiger partial charge < -0.3 is 10.3 Å². The molecular formula is C20H22ClN3O3S. The molecule has 0 fully saturated rings. The quantitative estimate of drug-likeness (QED) is 0.628. The minimum Gasteiger partial charge on any atom is -0.342 e. The summed E-state index contributed by atoms with van der Waals surface area (Å²) in [6.45, 7) is 4.05. The predicted octanol–water partition coefficient (Wildman–Crippen LogP) is 4.14. The second-order valence-electron chi connectivity index (χ2n) is 6.89. The van der Waals surface area contributed by atoms with E-state index in [0.717, 1.165) is 23.7 Å². The van der Waals surface area contributed by atoms with Crippen molar-refractivity contribution in [2.75, 3.05) is 6.26 Å². The number of sulfone groups is 1. The normalized spacial score (nSPS) is 14.0. The standard InChI is InChI=1S/C20H22ClN3O3S/c1-4-12(2)18(19-22-16-7-5-6-8-17(16)23-19)24-20(25)14-11-13(28(3,26)27)9-10-15(14)21/h5-12,18H,4H2,1-3H3,(H,22,23)(H,24,25). The third kappa shape index (κ3) is 4.20. The molecule has 0 aliphatic rings. The van der Waals surface area contributed by atoms with Crippen LogP contribution in [0, 0.1) is 5.92 Å². The number of amides is 1. The number of para-hydroxylation sites is 2. The summed E-state index contributed by atoms with van der Waals surface area (Å²) < 4.78 is 23.7. The van der Waals surface area contributed by atoms with Crippen LogP contribution in [0.1, 0.15) is 42.5 Å². The van der Waals surface area contributed by atoms with Gasteiger partial charge in [0, 0.05) is 6.26 Å². The number of carbonyl (C=O) groups excluding carboxylic acids is 1. The van der Waals surface area contributed by atoms with Crippen molar-refractivity contribution >= 4 is 38.4 Å². The van der Waals surface area contributed by atoms with Gasteiger partial charge in [-0.1, -0.05) is 44.0 Å². The largest absolute Gasteiger partial charge is 0.342 e. The van der Waals surface area contributed by atoms with Gasteiger partial charge in [0.2, 0.25) is 0 Å². The summed E-state index contributed by atoms with van der Waals surface area (Å²) in [4.78, 5) is 20.9. The number of hydrogen-bond acceptors (Lipinski definition) is 4. The Labute approximate surface area is 169 Å². The first-order chi connectivity index (χ1) is 13.2. The Morgan fingerprint density at radius 1 is 1.25 bits per heavy atom. The highest BCUT2D eigenvalue weighted by Crippen LogP contribution is 2.27. The van der Waals surface area contributed by atoms with Gasteiger partial charge >= 0.3 is 0 Å². The van der Waals surface area contributed by atoms with Crippen LogP contribution >= 0.6 is 11.6 Å². The van der Waals surface area contributed by atoms with E-state index in [1.807, 2.05) is 38.1 Å². The van der Waals surface area contributed by atoms with Crippen LogP contribution in [0.3, 0.4) is 0 Å². The minimum atomic E-state index is -3.45. The van der Waals surface area contributed by atoms with Crippen LogP contribution in [0.5, 0.6) is 0 Å². The Hall–Kier alpha value is -2.38. The van der Waals surface area contributed by atoms with E-state index in [2.05, 4.69) is 15.3 Å². The van der Waals surface area contributed by atoms with Gasteiger partial charge in [-0.05, 0) is 36.2 Å². The number of fused-ring (bicyclic) bond motifs is 1. The number of aromatic nitrogens is 2. The van der Waals surface area contributed by atoms with Gasteiger partial charge in [-0.3, -0.25) is 4.79 Å². The van der Waals surface area contributed by atoms with E-state index in [0.29, 0.717) is 5.82 Å². The molecule has 148 valence electrons. The number of H-pyrrole nitrogens is 1. The SMILES string of the molecule is CCC(C)C(NC(=O)c1cc(S(C)(=O)=O)ccc1Cl)c1nc2ccccc2[nH]1. The van der Waals surface area contributed by atoms with Crippen LogP contribution in [0.4, 0.5) is 0 Å². The molecule has 0 radical (unpaired) electrons. The lowest BCUT2D eigenvalue weighted by Gasteiger charge is -2.23. The second kappa shape index (κ2) is 7.93. The maximum atomic E-state index is 12.9. The monoisotopic (exact) mass is 419 g/mol. The van der Waals surface area contributed by atoms with Crippen LogP contribution in [0.2, 0.25) is 5.02 Å². The van der Waals surface area contributed by atoms with Crippen molar-refractivity contribution in [3.63, 3.8) is 0 Å². The lowest BCUT2D eigenvalue weighted by molar-refractivity contribution is 0.0920. The summed E-state index contributed by atoms with van der Waals surface area (Å²) in [5.74, 6) is 0.307. The van der Waals surface area contributed by atoms with Gasteiger partial charge in [-0.15, -0.1) is 0 Å². The Balaban J connectivity index is 1.96. The Morgan fingerprint density at radius 2 is 1.96 bits per heavy atom. The average molecular weight is 420 g/mol. The van der Waals surface area contributed by atoms with Crippen LogP contribution in [-0.2, 0) is 9.84 Å². The van der Waals surface area contributed by atoms with Crippen molar-refractivity contribution < 1.29 is 13.2 Å². The van der Waals surface area contributed by atoms with Crippen LogP contribution in [-0.4, -0.2) is 30.5 Å². The van der Waals surface area contributed by atoms with Gasteiger partial charge in [0.15, 0.2) is 9.84 Å². The highest BCUT2D eigenvalue weighted by atomic mass is 35.5. The van der Waals surface area contributed by atoms with E-state index < -0.39 is 15.7 Å². The molecule has 0 aliphatic carbocycles. The maximum Gasteiger partial charge on any atom is 0.253 e. The van der Waals surface area contributed by atoms with Gasteiger partial charge in [0.1, 0.15) is 5.82 Å². The topological polar surface area (TPSA) is 91.9 Å². The zero-order chi connectivity index (χ0) is 20.5. The van der Waals surface area contributed by atoms with E-state index in [4.69, 9.17) is 11.6 Å². The predicted molar refractivity (Wildman–Crippen MR) is 110 cm³/mol. The van der Waals surface area contributed by atoms with Crippen LogP contribution in [0.25, 0.3) is 11.0 Å². The summed E-state index contributed by atoms with van der Waals surface area (Å²) in [6, 6.07) is 11.4. The molecule has 1 aromatic heterocycles. The fourth-order valence-electron chi connectivity index (χ4n) is 2.96. The molecule has 0 saturated carbocycles. The minimum absolute atomic E-state index is 0.0471. The molecule has 28 heavy (non-hydrogen) atoms. The van der Waals surface area contributed by atoms with E-state index in [1.165, 1.54) is 18.2 Å². The molecule has 2 N–H and O–H groups in total. The lowest BCUT2D eigenvalue weighted by atomic mass is 9.98. The number of imidazole rings is 1. The summed E-state index contributed by atoms with van der Waals surface area (Å²) in [5, 5.41) is 3.16. The summed E-state index contributed by atoms with van der Waals surface area (Å²) in [6.07, 6.45) is 1.91. The van der Waals surface area contributed by atoms with Gasteiger partial charge in [0.05, 0.1) is 32.6 Å². The smallest absolute Gasteiger partial charge is 0.253 e. The van der Waals surface area contributed by atoms with Crippen molar-refractivity contribution in [1.82, 2.24) is 15.3 Å². The second-order valence-corrected chi connectivity index (χ2v) is 9.31. The number of nitrogens with one attached hydrogen (secondary N) is 2. The van der Waals surface area contributed by atoms with E-state index in [9.17, 15) is 13.2 Å². The molecule has 0 spiro atoms. The van der Waals surface area contributed by atoms with Gasteiger partial charge in [-0.25, -0.2) is 13.4 Å². The third-order valence-corrected chi connectivity index (χ3v) is 6.25. The lowest BCUT2D eigenvalue weighted by Crippen LogP contribution is -2.33. The zero-order valence-electron chi connectivity index (χ0n) is 15.9. The molecule has 0 aliphatic heterocycles. The molecule has 3 rings (SSSR count). The van der Waals surface area contributed by atoms with Crippen molar-refractivity contribution in [3.05, 3.63) is 58.9 Å². The molecule has 8 heteroatoms. The zero-order valence-corrected chi connectivity index (χ0v) is 17.4. The third-order valence-electron chi connectivity index (χ3n) is 4.81. The average Bonchev–Trinajstić information content (AvgIpc) is 3.08. The summed E-state index contributed by atoms with van der Waals surface area (Å²) >= 11 is 6.17. The Morgan fingerprint density at radius 3 is 2.61 bits per heavy atom. The first kappa shape index (κ1) is 20.4. The summed E-state index contributed by atoms with van der Waals surface area (Å²) in [5.41, 5.74) is 1.82. The maximum absolute atomic E-state index is 12.9. The van der Waals surface area contributed by atoms with Gasteiger partial charge in [-0.2, -0.15) is 0 Å². The number of hydrogen-bond donors (Lipinski definition) is 2. The molecule has 0 saturated heterocycles. The molecular weight excluding hydrogens is 398 g/mol. The number of aromatic amines is 1. The highest BCUT2D eigenvalue weighted by Gasteiger charge is 2.25. The summed E-state index contributed by atoms with van der Waals surface area (Å²) in [7, 11) is -3.45. The molecule has 2 unspecified atom stereocenters. The Kier molecular flexibility index (Phi) is 5.76. The van der Waals surface area contributed by atoms with Crippen molar-refractivity contribution in [2.45, 2.75) is 31.2 Å². The molecule has 0 bridgehead atoms. The number of carbonyl (C=O) groups is 1. The van der Waals surface area contributed by atoms with E-state index >= 15 is 0 Å². The number of halogens is 1. The molecule has 3 aromatic rings. The first-order valence-corrected chi connectivity index (χ1v) is 11.2. The van der Waals surface area contributed by atoms with E-state index in [1.54, 1.807) is 0 Å². The molecule has 1 amide bonds. The van der Waals surface area contributed by atoms with Crippen molar-refractivity contribution in [1.29, 1.82) is 0 Å². The van der Waals surface area contributed by atoms with Crippen molar-refractivity contribution in [3.8, 4) is 0 Å². The highest BCUT2D eigenvalue weighted by molar-refractivity contribution is 7.90. The number of rotatable bonds is 6. The fourth-order valence-corrected chi connectivity index (χ4v) is 3.81. The van der Waals surface area contributed by atoms with E-state index in [-0.39, 0.29) is 27.4 Å². The first-order valence-electron chi connectivity index (χ1n) is 8.95. The fraction of sp³-hybridized carbons (Fsp3) is 0.300. The number of benzene rings is 2. The number of nitrogens with zero attached hydrogens (tertiary/aromatic N) is 1. The Bertz CT molecular complexity index is 1090. The van der Waals surface area contributed by atoms with Gasteiger partial charge in [0.25, 0.3) is 5.91 Å². The molecule has 2 atom stereocenters. The molecule has 2 aromatic carbocycles.